The molecule has 4 heteroatoms. The van der Waals surface area contributed by atoms with Gasteiger partial charge in [0, 0.05) is 43.3 Å². The lowest BCUT2D eigenvalue weighted by molar-refractivity contribution is 0.0769. The molecule has 0 bridgehead atoms. The summed E-state index contributed by atoms with van der Waals surface area (Å²) >= 11 is 2.10. The molecule has 2 atom stereocenters. The first-order valence-corrected chi connectivity index (χ1v) is 8.34. The zero-order valence-corrected chi connectivity index (χ0v) is 13.3. The van der Waals surface area contributed by atoms with E-state index in [-0.39, 0.29) is 0 Å². The third kappa shape index (κ3) is 6.41. The van der Waals surface area contributed by atoms with Gasteiger partial charge in [0.1, 0.15) is 0 Å². The summed E-state index contributed by atoms with van der Waals surface area (Å²) in [4.78, 5) is 2.61. The highest BCUT2D eigenvalue weighted by molar-refractivity contribution is 8.00. The average molecular weight is 274 g/mol. The van der Waals surface area contributed by atoms with E-state index in [4.69, 9.17) is 4.74 Å². The summed E-state index contributed by atoms with van der Waals surface area (Å²) in [6.07, 6.45) is 1.47. The van der Waals surface area contributed by atoms with Crippen molar-refractivity contribution in [2.45, 2.75) is 51.5 Å². The largest absolute Gasteiger partial charge is 0.379 e. The molecule has 0 aromatic heterocycles. The van der Waals surface area contributed by atoms with Gasteiger partial charge in [0.05, 0.1) is 6.10 Å². The summed E-state index contributed by atoms with van der Waals surface area (Å²) in [6.45, 7) is 14.3. The average Bonchev–Trinajstić information content (AvgIpc) is 2.32. The number of thioether (sulfide) groups is 1. The quantitative estimate of drug-likeness (QED) is 0.686. The van der Waals surface area contributed by atoms with Gasteiger partial charge in [-0.1, -0.05) is 6.92 Å². The van der Waals surface area contributed by atoms with Crippen LogP contribution in [0.1, 0.15) is 34.1 Å². The van der Waals surface area contributed by atoms with Crippen molar-refractivity contribution in [3.63, 3.8) is 0 Å². The van der Waals surface area contributed by atoms with Gasteiger partial charge in [0.2, 0.25) is 0 Å². The Labute approximate surface area is 117 Å². The topological polar surface area (TPSA) is 24.5 Å². The van der Waals surface area contributed by atoms with Crippen LogP contribution in [0.3, 0.4) is 0 Å². The number of nitrogens with one attached hydrogen (secondary N) is 1. The van der Waals surface area contributed by atoms with Crippen molar-refractivity contribution in [3.8, 4) is 0 Å². The van der Waals surface area contributed by atoms with E-state index in [9.17, 15) is 0 Å². The van der Waals surface area contributed by atoms with Crippen molar-refractivity contribution in [3.05, 3.63) is 0 Å². The second-order valence-corrected chi connectivity index (χ2v) is 6.86. The Morgan fingerprint density at radius 1 is 1.33 bits per heavy atom. The highest BCUT2D eigenvalue weighted by Gasteiger charge is 2.24. The zero-order chi connectivity index (χ0) is 13.4. The first-order valence-electron chi connectivity index (χ1n) is 7.29. The first kappa shape index (κ1) is 16.3. The molecule has 3 nitrogen and oxygen atoms in total. The molecule has 0 saturated carbocycles. The molecule has 1 rings (SSSR count). The Balaban J connectivity index is 1.97. The van der Waals surface area contributed by atoms with Crippen molar-refractivity contribution < 1.29 is 4.74 Å². The lowest BCUT2D eigenvalue weighted by Crippen LogP contribution is -2.47. The molecule has 0 aromatic rings. The highest BCUT2D eigenvalue weighted by Crippen LogP contribution is 2.23. The maximum Gasteiger partial charge on any atom is 0.0518 e. The molecule has 1 fully saturated rings. The van der Waals surface area contributed by atoms with Crippen molar-refractivity contribution >= 4 is 11.8 Å². The third-order valence-corrected chi connectivity index (χ3v) is 4.88. The summed E-state index contributed by atoms with van der Waals surface area (Å²) in [6, 6.07) is 0.717. The summed E-state index contributed by atoms with van der Waals surface area (Å²) in [5.74, 6) is 1.29. The van der Waals surface area contributed by atoms with E-state index in [0.717, 1.165) is 37.4 Å². The third-order valence-electron chi connectivity index (χ3n) is 3.54. The monoisotopic (exact) mass is 274 g/mol. The Morgan fingerprint density at radius 3 is 2.83 bits per heavy atom. The Kier molecular flexibility index (Phi) is 8.31. The van der Waals surface area contributed by atoms with Crippen LogP contribution in [0.4, 0.5) is 0 Å². The van der Waals surface area contributed by atoms with Gasteiger partial charge in [0.25, 0.3) is 0 Å². The first-order chi connectivity index (χ1) is 8.61. The van der Waals surface area contributed by atoms with E-state index in [1.807, 2.05) is 0 Å². The Morgan fingerprint density at radius 2 is 2.11 bits per heavy atom. The molecule has 18 heavy (non-hydrogen) atoms. The SMILES string of the molecule is CC(C)OCCCNCCN1CCSC(C)C1C. The molecule has 1 saturated heterocycles. The summed E-state index contributed by atoms with van der Waals surface area (Å²) < 4.78 is 5.52. The van der Waals surface area contributed by atoms with Gasteiger partial charge in [-0.05, 0) is 33.7 Å². The summed E-state index contributed by atoms with van der Waals surface area (Å²) in [5.41, 5.74) is 0. The van der Waals surface area contributed by atoms with Crippen LogP contribution in [0.15, 0.2) is 0 Å². The van der Waals surface area contributed by atoms with Crippen LogP contribution in [0, 0.1) is 0 Å². The smallest absolute Gasteiger partial charge is 0.0518 e. The molecule has 108 valence electrons. The highest BCUT2D eigenvalue weighted by atomic mass is 32.2. The van der Waals surface area contributed by atoms with Crippen molar-refractivity contribution in [1.82, 2.24) is 10.2 Å². The van der Waals surface area contributed by atoms with Crippen LogP contribution in [0.5, 0.6) is 0 Å². The van der Waals surface area contributed by atoms with Crippen LogP contribution >= 0.6 is 11.8 Å². The van der Waals surface area contributed by atoms with Crippen molar-refractivity contribution in [2.75, 3.05) is 38.5 Å². The van der Waals surface area contributed by atoms with Crippen LogP contribution in [-0.2, 0) is 4.74 Å². The molecular formula is C14H30N2OS. The molecule has 2 unspecified atom stereocenters. The van der Waals surface area contributed by atoms with E-state index in [1.54, 1.807) is 0 Å². The maximum atomic E-state index is 5.52. The molecule has 1 heterocycles. The standard InChI is InChI=1S/C14H30N2OS/c1-12(2)17-10-5-6-15-7-8-16-9-11-18-14(4)13(16)3/h12-15H,5-11H2,1-4H3. The van der Waals surface area contributed by atoms with Gasteiger partial charge >= 0.3 is 0 Å². The Hall–Kier alpha value is 0.230. The number of hydrogen-bond donors (Lipinski definition) is 1. The fourth-order valence-corrected chi connectivity index (χ4v) is 3.34. The van der Waals surface area contributed by atoms with Crippen LogP contribution in [-0.4, -0.2) is 60.8 Å². The molecule has 0 radical (unpaired) electrons. The molecule has 0 spiro atoms. The predicted molar refractivity (Wildman–Crippen MR) is 81.5 cm³/mol. The van der Waals surface area contributed by atoms with Crippen LogP contribution < -0.4 is 5.32 Å². The fraction of sp³-hybridized carbons (Fsp3) is 1.00. The van der Waals surface area contributed by atoms with Crippen LogP contribution in [0.25, 0.3) is 0 Å². The second kappa shape index (κ2) is 9.18. The molecule has 0 aromatic carbocycles. The molecule has 1 N–H and O–H groups in total. The van der Waals surface area contributed by atoms with E-state index in [0.29, 0.717) is 6.10 Å². The second-order valence-electron chi connectivity index (χ2n) is 5.38. The molecule has 1 aliphatic rings. The minimum Gasteiger partial charge on any atom is -0.379 e. The van der Waals surface area contributed by atoms with E-state index in [2.05, 4.69) is 49.7 Å². The van der Waals surface area contributed by atoms with E-state index < -0.39 is 0 Å². The van der Waals surface area contributed by atoms with Gasteiger partial charge in [-0.2, -0.15) is 11.8 Å². The van der Waals surface area contributed by atoms with Gasteiger partial charge in [-0.3, -0.25) is 4.90 Å². The number of hydrogen-bond acceptors (Lipinski definition) is 4. The van der Waals surface area contributed by atoms with Gasteiger partial charge in [-0.25, -0.2) is 0 Å². The van der Waals surface area contributed by atoms with Crippen LogP contribution in [0.2, 0.25) is 0 Å². The number of ether oxygens (including phenoxy) is 1. The number of rotatable bonds is 8. The van der Waals surface area contributed by atoms with Crippen molar-refractivity contribution in [2.24, 2.45) is 0 Å². The molecule has 0 aliphatic carbocycles. The lowest BCUT2D eigenvalue weighted by Gasteiger charge is -2.37. The van der Waals surface area contributed by atoms with E-state index >= 15 is 0 Å². The summed E-state index contributed by atoms with van der Waals surface area (Å²) in [7, 11) is 0. The Bertz CT molecular complexity index is 214. The molecular weight excluding hydrogens is 244 g/mol. The van der Waals surface area contributed by atoms with E-state index in [1.165, 1.54) is 18.8 Å². The van der Waals surface area contributed by atoms with Gasteiger partial charge in [-0.15, -0.1) is 0 Å². The van der Waals surface area contributed by atoms with Gasteiger partial charge in [0.15, 0.2) is 0 Å². The van der Waals surface area contributed by atoms with Gasteiger partial charge < -0.3 is 10.1 Å². The number of nitrogens with zero attached hydrogens (tertiary/aromatic N) is 1. The predicted octanol–water partition coefficient (Wildman–Crippen LogP) is 2.22. The lowest BCUT2D eigenvalue weighted by atomic mass is 10.2. The van der Waals surface area contributed by atoms with Crippen molar-refractivity contribution in [1.29, 1.82) is 0 Å². The fourth-order valence-electron chi connectivity index (χ4n) is 2.17. The normalized spacial score (nSPS) is 25.8. The summed E-state index contributed by atoms with van der Waals surface area (Å²) in [5, 5.41) is 4.29. The minimum atomic E-state index is 0.359. The minimum absolute atomic E-state index is 0.359. The molecule has 1 aliphatic heterocycles. The molecule has 0 amide bonds. The maximum absolute atomic E-state index is 5.52. The zero-order valence-electron chi connectivity index (χ0n) is 12.4.